The molecule has 5 heteroatoms. The number of rotatable bonds is 3. The molecule has 5 nitrogen and oxygen atoms in total. The first-order chi connectivity index (χ1) is 9.38. The van der Waals surface area contributed by atoms with Crippen LogP contribution in [-0.2, 0) is 9.59 Å². The van der Waals surface area contributed by atoms with E-state index < -0.39 is 11.9 Å². The topological polar surface area (TPSA) is 86.6 Å². The van der Waals surface area contributed by atoms with E-state index in [2.05, 4.69) is 5.32 Å². The van der Waals surface area contributed by atoms with Crippen molar-refractivity contribution in [1.82, 2.24) is 0 Å². The summed E-state index contributed by atoms with van der Waals surface area (Å²) < 4.78 is 0. The maximum absolute atomic E-state index is 12.2. The van der Waals surface area contributed by atoms with Crippen LogP contribution in [0.3, 0.4) is 0 Å². The number of benzene rings is 1. The number of aryl methyl sites for hydroxylation is 2. The van der Waals surface area contributed by atoms with Gasteiger partial charge in [-0.25, -0.2) is 0 Å². The van der Waals surface area contributed by atoms with Crippen LogP contribution in [0.25, 0.3) is 0 Å². The Morgan fingerprint density at radius 3 is 2.40 bits per heavy atom. The molecule has 1 aliphatic carbocycles. The molecule has 2 rings (SSSR count). The van der Waals surface area contributed by atoms with Gasteiger partial charge in [-0.3, -0.25) is 9.59 Å². The molecule has 2 atom stereocenters. The van der Waals surface area contributed by atoms with Gasteiger partial charge in [-0.15, -0.1) is 0 Å². The van der Waals surface area contributed by atoms with Gasteiger partial charge in [0, 0.05) is 11.6 Å². The number of nitrogens with one attached hydrogen (secondary N) is 1. The first-order valence-corrected chi connectivity index (χ1v) is 6.72. The van der Waals surface area contributed by atoms with E-state index in [1.54, 1.807) is 19.1 Å². The van der Waals surface area contributed by atoms with E-state index >= 15 is 0 Å². The van der Waals surface area contributed by atoms with Gasteiger partial charge < -0.3 is 15.5 Å². The van der Waals surface area contributed by atoms with Crippen molar-refractivity contribution < 1.29 is 19.8 Å². The average molecular weight is 277 g/mol. The second-order valence-corrected chi connectivity index (χ2v) is 5.49. The van der Waals surface area contributed by atoms with Crippen molar-refractivity contribution in [2.24, 2.45) is 11.8 Å². The minimum absolute atomic E-state index is 0.137. The van der Waals surface area contributed by atoms with E-state index in [1.807, 2.05) is 6.92 Å². The van der Waals surface area contributed by atoms with Gasteiger partial charge in [0.25, 0.3) is 0 Å². The molecule has 0 unspecified atom stereocenters. The number of phenols is 1. The van der Waals surface area contributed by atoms with Crippen LogP contribution in [0, 0.1) is 25.7 Å². The second-order valence-electron chi connectivity index (χ2n) is 5.49. The molecule has 3 N–H and O–H groups in total. The number of aliphatic carboxylic acids is 1. The van der Waals surface area contributed by atoms with E-state index in [9.17, 15) is 14.7 Å². The standard InChI is InChI=1S/C15H19NO4/c1-8-6-13(17)9(2)5-12(8)16-14(18)10-3-4-11(7-10)15(19)20/h5-6,10-11,17H,3-4,7H2,1-2H3,(H,16,18)(H,19,20)/t10-,11+/m1/s1. The molecule has 0 aromatic heterocycles. The predicted octanol–water partition coefficient (Wildman–Crippen LogP) is 2.45. The molecule has 1 amide bonds. The normalized spacial score (nSPS) is 21.7. The quantitative estimate of drug-likeness (QED) is 0.741. The molecule has 1 saturated carbocycles. The Labute approximate surface area is 117 Å². The molecule has 108 valence electrons. The van der Waals surface area contributed by atoms with E-state index in [4.69, 9.17) is 5.11 Å². The lowest BCUT2D eigenvalue weighted by molar-refractivity contribution is -0.141. The lowest BCUT2D eigenvalue weighted by Gasteiger charge is -2.14. The fourth-order valence-electron chi connectivity index (χ4n) is 2.61. The number of carboxylic acids is 1. The number of hydrogen-bond acceptors (Lipinski definition) is 3. The van der Waals surface area contributed by atoms with Gasteiger partial charge in [-0.1, -0.05) is 0 Å². The molecule has 1 aliphatic rings. The van der Waals surface area contributed by atoms with Crippen LogP contribution in [0.2, 0.25) is 0 Å². The van der Waals surface area contributed by atoms with Crippen molar-refractivity contribution in [3.8, 4) is 5.75 Å². The van der Waals surface area contributed by atoms with Gasteiger partial charge in [-0.05, 0) is 56.4 Å². The summed E-state index contributed by atoms with van der Waals surface area (Å²) in [4.78, 5) is 23.1. The monoisotopic (exact) mass is 277 g/mol. The number of carbonyl (C=O) groups is 2. The minimum atomic E-state index is -0.822. The fraction of sp³-hybridized carbons (Fsp3) is 0.467. The molecule has 0 bridgehead atoms. The third kappa shape index (κ3) is 2.92. The molecular weight excluding hydrogens is 258 g/mol. The summed E-state index contributed by atoms with van der Waals surface area (Å²) in [7, 11) is 0. The average Bonchev–Trinajstić information content (AvgIpc) is 2.85. The highest BCUT2D eigenvalue weighted by Crippen LogP contribution is 2.32. The zero-order valence-electron chi connectivity index (χ0n) is 11.6. The van der Waals surface area contributed by atoms with Gasteiger partial charge in [0.05, 0.1) is 5.92 Å². The number of amides is 1. The van der Waals surface area contributed by atoms with Crippen LogP contribution in [0.4, 0.5) is 5.69 Å². The van der Waals surface area contributed by atoms with E-state index in [0.29, 0.717) is 30.5 Å². The third-order valence-electron chi connectivity index (χ3n) is 3.95. The Morgan fingerprint density at radius 1 is 1.15 bits per heavy atom. The first kappa shape index (κ1) is 14.4. The first-order valence-electron chi connectivity index (χ1n) is 6.72. The fourth-order valence-corrected chi connectivity index (χ4v) is 2.61. The maximum atomic E-state index is 12.2. The molecule has 20 heavy (non-hydrogen) atoms. The summed E-state index contributed by atoms with van der Waals surface area (Å²) in [5.74, 6) is -1.41. The lowest BCUT2D eigenvalue weighted by Crippen LogP contribution is -2.22. The van der Waals surface area contributed by atoms with E-state index in [-0.39, 0.29) is 17.6 Å². The van der Waals surface area contributed by atoms with Crippen LogP contribution in [-0.4, -0.2) is 22.1 Å². The Kier molecular flexibility index (Phi) is 3.97. The molecule has 0 spiro atoms. The predicted molar refractivity (Wildman–Crippen MR) is 74.7 cm³/mol. The summed E-state index contributed by atoms with van der Waals surface area (Å²) >= 11 is 0. The Hall–Kier alpha value is -2.04. The Balaban J connectivity index is 2.06. The molecule has 0 saturated heterocycles. The zero-order valence-corrected chi connectivity index (χ0v) is 11.6. The third-order valence-corrected chi connectivity index (χ3v) is 3.95. The van der Waals surface area contributed by atoms with Crippen LogP contribution in [0.15, 0.2) is 12.1 Å². The van der Waals surface area contributed by atoms with Crippen LogP contribution in [0.1, 0.15) is 30.4 Å². The van der Waals surface area contributed by atoms with Crippen molar-refractivity contribution in [1.29, 1.82) is 0 Å². The van der Waals surface area contributed by atoms with E-state index in [1.165, 1.54) is 0 Å². The van der Waals surface area contributed by atoms with Crippen LogP contribution < -0.4 is 5.32 Å². The number of carboxylic acid groups (broad SMARTS) is 1. The summed E-state index contributed by atoms with van der Waals surface area (Å²) in [6.07, 6.45) is 1.57. The molecule has 0 heterocycles. The zero-order chi connectivity index (χ0) is 14.9. The Bertz CT molecular complexity index is 553. The van der Waals surface area contributed by atoms with Gasteiger partial charge in [0.15, 0.2) is 0 Å². The van der Waals surface area contributed by atoms with Crippen molar-refractivity contribution in [2.75, 3.05) is 5.32 Å². The highest BCUT2D eigenvalue weighted by Gasteiger charge is 2.33. The van der Waals surface area contributed by atoms with Crippen molar-refractivity contribution >= 4 is 17.6 Å². The number of aromatic hydroxyl groups is 1. The summed E-state index contributed by atoms with van der Waals surface area (Å²) in [6, 6.07) is 3.34. The second kappa shape index (κ2) is 5.53. The molecule has 1 aromatic carbocycles. The summed E-state index contributed by atoms with van der Waals surface area (Å²) in [5.41, 5.74) is 2.15. The highest BCUT2D eigenvalue weighted by atomic mass is 16.4. The smallest absolute Gasteiger partial charge is 0.306 e. The summed E-state index contributed by atoms with van der Waals surface area (Å²) in [6.45, 7) is 3.57. The van der Waals surface area contributed by atoms with Crippen LogP contribution >= 0.6 is 0 Å². The largest absolute Gasteiger partial charge is 0.508 e. The molecule has 0 radical (unpaired) electrons. The van der Waals surface area contributed by atoms with Crippen molar-refractivity contribution in [3.05, 3.63) is 23.3 Å². The lowest BCUT2D eigenvalue weighted by atomic mass is 10.0. The SMILES string of the molecule is Cc1cc(NC(=O)[C@@H]2CC[C@H](C(=O)O)C2)c(C)cc1O. The number of phenolic OH excluding ortho intramolecular Hbond substituents is 1. The van der Waals surface area contributed by atoms with Crippen molar-refractivity contribution in [3.63, 3.8) is 0 Å². The summed E-state index contributed by atoms with van der Waals surface area (Å²) in [5, 5.41) is 21.4. The maximum Gasteiger partial charge on any atom is 0.306 e. The molecular formula is C15H19NO4. The van der Waals surface area contributed by atoms with Gasteiger partial charge in [-0.2, -0.15) is 0 Å². The van der Waals surface area contributed by atoms with Crippen molar-refractivity contribution in [2.45, 2.75) is 33.1 Å². The molecule has 0 aliphatic heterocycles. The van der Waals surface area contributed by atoms with Gasteiger partial charge in [0.2, 0.25) is 5.91 Å². The van der Waals surface area contributed by atoms with Gasteiger partial charge >= 0.3 is 5.97 Å². The molecule has 1 fully saturated rings. The van der Waals surface area contributed by atoms with E-state index in [0.717, 1.165) is 5.56 Å². The number of hydrogen-bond donors (Lipinski definition) is 3. The van der Waals surface area contributed by atoms with Crippen LogP contribution in [0.5, 0.6) is 5.75 Å². The number of carbonyl (C=O) groups excluding carboxylic acids is 1. The number of anilines is 1. The molecule has 1 aromatic rings. The minimum Gasteiger partial charge on any atom is -0.508 e. The van der Waals surface area contributed by atoms with Gasteiger partial charge in [0.1, 0.15) is 5.75 Å². The highest BCUT2D eigenvalue weighted by molar-refractivity contribution is 5.94. The Morgan fingerprint density at radius 2 is 1.80 bits per heavy atom.